The fraction of sp³-hybridized carbons (Fsp3) is 0.704. The van der Waals surface area contributed by atoms with Gasteiger partial charge in [-0.3, -0.25) is 19.5 Å². The van der Waals surface area contributed by atoms with E-state index >= 15 is 0 Å². The molecule has 3 saturated heterocycles. The maximum atomic E-state index is 13.9. The second-order valence-electron chi connectivity index (χ2n) is 10.7. The van der Waals surface area contributed by atoms with Crippen LogP contribution in [0.15, 0.2) is 24.4 Å². The molecule has 1 aliphatic carbocycles. The number of aromatic nitrogens is 1. The molecule has 190 valence electrons. The van der Waals surface area contributed by atoms with E-state index in [1.165, 1.54) is 37.0 Å². The highest BCUT2D eigenvalue weighted by Crippen LogP contribution is 2.41. The summed E-state index contributed by atoms with van der Waals surface area (Å²) in [7, 11) is 0. The van der Waals surface area contributed by atoms with Crippen LogP contribution in [-0.4, -0.2) is 65.0 Å². The van der Waals surface area contributed by atoms with Crippen LogP contribution in [0.5, 0.6) is 0 Å². The highest BCUT2D eigenvalue weighted by molar-refractivity contribution is 6.07. The number of hydrogen-bond donors (Lipinski definition) is 1. The monoisotopic (exact) mass is 482 g/mol. The Kier molecular flexibility index (Phi) is 7.37. The Balaban J connectivity index is 1.27. The molecule has 4 aliphatic rings. The lowest BCUT2D eigenvalue weighted by atomic mass is 9.75. The van der Waals surface area contributed by atoms with E-state index in [1.54, 1.807) is 6.20 Å². The van der Waals surface area contributed by atoms with Crippen molar-refractivity contribution in [1.29, 1.82) is 0 Å². The van der Waals surface area contributed by atoms with Gasteiger partial charge in [0.05, 0.1) is 18.3 Å². The van der Waals surface area contributed by atoms with Gasteiger partial charge in [-0.2, -0.15) is 0 Å². The lowest BCUT2D eigenvalue weighted by Crippen LogP contribution is -2.54. The molecule has 4 heterocycles. The van der Waals surface area contributed by atoms with Crippen molar-refractivity contribution in [3.8, 4) is 0 Å². The number of piperidine rings is 1. The molecule has 8 nitrogen and oxygen atoms in total. The van der Waals surface area contributed by atoms with Gasteiger partial charge in [0, 0.05) is 38.2 Å². The summed E-state index contributed by atoms with van der Waals surface area (Å²) in [5.41, 5.74) is -0.607. The molecule has 3 aliphatic heterocycles. The minimum absolute atomic E-state index is 0.104. The Morgan fingerprint density at radius 2 is 1.86 bits per heavy atom. The molecule has 35 heavy (non-hydrogen) atoms. The van der Waals surface area contributed by atoms with Gasteiger partial charge in [-0.15, -0.1) is 0 Å². The molecule has 0 radical (unpaired) electrons. The first-order valence-corrected chi connectivity index (χ1v) is 13.5. The summed E-state index contributed by atoms with van der Waals surface area (Å²) in [6.45, 7) is 2.17. The van der Waals surface area contributed by atoms with Gasteiger partial charge in [0.1, 0.15) is 0 Å². The zero-order valence-corrected chi connectivity index (χ0v) is 20.6. The number of pyridine rings is 1. The van der Waals surface area contributed by atoms with Gasteiger partial charge in [0.2, 0.25) is 5.91 Å². The van der Waals surface area contributed by atoms with Crippen LogP contribution in [0.25, 0.3) is 0 Å². The second kappa shape index (κ2) is 10.6. The molecule has 5 rings (SSSR count). The number of rotatable bonds is 7. The average molecular weight is 483 g/mol. The van der Waals surface area contributed by atoms with Gasteiger partial charge < -0.3 is 15.0 Å². The highest BCUT2D eigenvalue weighted by Gasteiger charge is 2.58. The third kappa shape index (κ3) is 4.95. The van der Waals surface area contributed by atoms with E-state index in [9.17, 15) is 14.4 Å². The van der Waals surface area contributed by atoms with Crippen molar-refractivity contribution >= 4 is 17.8 Å². The molecule has 2 atom stereocenters. The summed E-state index contributed by atoms with van der Waals surface area (Å²) in [6.07, 6.45) is 12.7. The Labute approximate surface area is 207 Å². The molecule has 4 amide bonds. The molecular formula is C27H38N4O4. The summed E-state index contributed by atoms with van der Waals surface area (Å²) in [5.74, 6) is 0.561. The van der Waals surface area contributed by atoms with E-state index in [1.807, 2.05) is 23.1 Å². The van der Waals surface area contributed by atoms with Crippen LogP contribution in [0.2, 0.25) is 0 Å². The molecule has 0 aromatic carbocycles. The molecule has 1 N–H and O–H groups in total. The van der Waals surface area contributed by atoms with Gasteiger partial charge in [0.25, 0.3) is 5.91 Å². The van der Waals surface area contributed by atoms with Crippen molar-refractivity contribution in [2.24, 2.45) is 11.8 Å². The SMILES string of the molecule is O=C(CCC1CCCCC1)N1CCC([C@@]2(c3ccccn3)NC(=O)N(C[C@H]3CCCO3)C2=O)CC1. The van der Waals surface area contributed by atoms with E-state index in [-0.39, 0.29) is 36.4 Å². The standard InChI is InChI=1S/C27H38N4O4/c32-24(12-11-20-7-2-1-3-8-20)30-16-13-21(14-17-30)27(23-10-4-5-15-28-23)25(33)31(26(34)29-27)19-22-9-6-18-35-22/h4-5,10,15,20-22H,1-3,6-9,11-14,16-19H2,(H,29,34)/t22-,27+/m1/s1. The summed E-state index contributed by atoms with van der Waals surface area (Å²) < 4.78 is 5.70. The topological polar surface area (TPSA) is 91.8 Å². The lowest BCUT2D eigenvalue weighted by Gasteiger charge is -2.40. The number of urea groups is 1. The Morgan fingerprint density at radius 1 is 1.06 bits per heavy atom. The Bertz CT molecular complexity index is 905. The van der Waals surface area contributed by atoms with Crippen LogP contribution in [0.4, 0.5) is 4.79 Å². The predicted octanol–water partition coefficient (Wildman–Crippen LogP) is 3.61. The second-order valence-corrected chi connectivity index (χ2v) is 10.7. The number of nitrogens with one attached hydrogen (secondary N) is 1. The average Bonchev–Trinajstić information content (AvgIpc) is 3.51. The summed E-state index contributed by atoms with van der Waals surface area (Å²) in [4.78, 5) is 47.7. The van der Waals surface area contributed by atoms with Crippen molar-refractivity contribution in [3.63, 3.8) is 0 Å². The highest BCUT2D eigenvalue weighted by atomic mass is 16.5. The molecule has 4 fully saturated rings. The van der Waals surface area contributed by atoms with Gasteiger partial charge in [-0.05, 0) is 50.2 Å². The van der Waals surface area contributed by atoms with E-state index in [0.29, 0.717) is 50.6 Å². The van der Waals surface area contributed by atoms with Gasteiger partial charge in [-0.1, -0.05) is 38.2 Å². The van der Waals surface area contributed by atoms with Crippen LogP contribution in [0.1, 0.15) is 76.3 Å². The summed E-state index contributed by atoms with van der Waals surface area (Å²) in [6, 6.07) is 5.13. The van der Waals surface area contributed by atoms with Crippen molar-refractivity contribution in [2.45, 2.75) is 82.3 Å². The van der Waals surface area contributed by atoms with E-state index in [4.69, 9.17) is 4.74 Å². The quantitative estimate of drug-likeness (QED) is 0.600. The minimum atomic E-state index is -1.19. The summed E-state index contributed by atoms with van der Waals surface area (Å²) >= 11 is 0. The molecule has 0 spiro atoms. The zero-order valence-electron chi connectivity index (χ0n) is 20.6. The Morgan fingerprint density at radius 3 is 2.54 bits per heavy atom. The first kappa shape index (κ1) is 24.2. The largest absolute Gasteiger partial charge is 0.376 e. The molecule has 0 bridgehead atoms. The first-order chi connectivity index (χ1) is 17.1. The Hall–Kier alpha value is -2.48. The van der Waals surface area contributed by atoms with Gasteiger partial charge >= 0.3 is 6.03 Å². The molecule has 1 aromatic heterocycles. The van der Waals surface area contributed by atoms with E-state index in [2.05, 4.69) is 10.3 Å². The third-order valence-corrected chi connectivity index (χ3v) is 8.56. The number of imide groups is 1. The number of carbonyl (C=O) groups excluding carboxylic acids is 3. The molecule has 0 unspecified atom stereocenters. The third-order valence-electron chi connectivity index (χ3n) is 8.56. The first-order valence-electron chi connectivity index (χ1n) is 13.5. The van der Waals surface area contributed by atoms with Gasteiger partial charge in [-0.25, -0.2) is 4.79 Å². The number of amides is 4. The van der Waals surface area contributed by atoms with Crippen LogP contribution in [0.3, 0.4) is 0 Å². The predicted molar refractivity (Wildman–Crippen MR) is 130 cm³/mol. The maximum Gasteiger partial charge on any atom is 0.325 e. The normalized spacial score (nSPS) is 28.5. The number of nitrogens with zero attached hydrogens (tertiary/aromatic N) is 3. The van der Waals surface area contributed by atoms with Crippen molar-refractivity contribution in [2.75, 3.05) is 26.2 Å². The van der Waals surface area contributed by atoms with Crippen LogP contribution >= 0.6 is 0 Å². The lowest BCUT2D eigenvalue weighted by molar-refractivity contribution is -0.137. The molecule has 8 heteroatoms. The fourth-order valence-corrected chi connectivity index (χ4v) is 6.53. The fourth-order valence-electron chi connectivity index (χ4n) is 6.53. The zero-order chi connectivity index (χ0) is 24.3. The van der Waals surface area contributed by atoms with Crippen molar-refractivity contribution in [3.05, 3.63) is 30.1 Å². The van der Waals surface area contributed by atoms with Crippen molar-refractivity contribution < 1.29 is 19.1 Å². The van der Waals surface area contributed by atoms with Gasteiger partial charge in [0.15, 0.2) is 5.54 Å². The molecular weight excluding hydrogens is 444 g/mol. The molecule has 1 saturated carbocycles. The van der Waals surface area contributed by atoms with E-state index < -0.39 is 5.54 Å². The van der Waals surface area contributed by atoms with E-state index in [0.717, 1.165) is 19.3 Å². The number of likely N-dealkylation sites (tertiary alicyclic amines) is 1. The van der Waals surface area contributed by atoms with Crippen molar-refractivity contribution in [1.82, 2.24) is 20.1 Å². The van der Waals surface area contributed by atoms with Crippen LogP contribution in [-0.2, 0) is 19.9 Å². The molecule has 1 aromatic rings. The maximum absolute atomic E-state index is 13.9. The minimum Gasteiger partial charge on any atom is -0.376 e. The number of carbonyl (C=O) groups is 3. The van der Waals surface area contributed by atoms with Crippen LogP contribution < -0.4 is 5.32 Å². The number of ether oxygens (including phenoxy) is 1. The summed E-state index contributed by atoms with van der Waals surface area (Å²) in [5, 5.41) is 3.06. The van der Waals surface area contributed by atoms with Crippen LogP contribution in [0, 0.1) is 11.8 Å². The smallest absolute Gasteiger partial charge is 0.325 e. The number of hydrogen-bond acceptors (Lipinski definition) is 5.